The van der Waals surface area contributed by atoms with Gasteiger partial charge in [-0.15, -0.1) is 11.3 Å². The summed E-state index contributed by atoms with van der Waals surface area (Å²) in [6.45, 7) is 11.7. The summed E-state index contributed by atoms with van der Waals surface area (Å²) in [5, 5.41) is 25.2. The number of hydrogen-bond acceptors (Lipinski definition) is 5. The molecule has 2 atom stereocenters. The van der Waals surface area contributed by atoms with E-state index in [9.17, 15) is 9.90 Å². The number of amides is 1. The predicted molar refractivity (Wildman–Crippen MR) is 126 cm³/mol. The van der Waals surface area contributed by atoms with Crippen LogP contribution in [0.15, 0.2) is 36.4 Å². The Morgan fingerprint density at radius 2 is 1.77 bits per heavy atom. The average Bonchev–Trinajstić information content (AvgIpc) is 3.17. The lowest BCUT2D eigenvalue weighted by Crippen LogP contribution is -2.33. The van der Waals surface area contributed by atoms with Gasteiger partial charge in [-0.3, -0.25) is 4.79 Å². The lowest BCUT2D eigenvalue weighted by atomic mass is 9.82. The maximum Gasteiger partial charge on any atom is 0.261 e. The van der Waals surface area contributed by atoms with Gasteiger partial charge in [0.2, 0.25) is 0 Å². The summed E-state index contributed by atoms with van der Waals surface area (Å²) in [4.78, 5) is 12.7. The van der Waals surface area contributed by atoms with Crippen molar-refractivity contribution in [3.05, 3.63) is 52.4 Å². The number of aliphatic hydroxyl groups is 2. The zero-order chi connectivity index (χ0) is 22.3. The highest BCUT2D eigenvalue weighted by atomic mass is 32.1. The maximum atomic E-state index is 12.1. The Bertz CT molecular complexity index is 794. The molecule has 0 saturated heterocycles. The molecule has 2 unspecified atom stereocenters. The fourth-order valence-electron chi connectivity index (χ4n) is 3.38. The first-order chi connectivity index (χ1) is 14.1. The van der Waals surface area contributed by atoms with Gasteiger partial charge < -0.3 is 20.8 Å². The topological polar surface area (TPSA) is 81.6 Å². The van der Waals surface area contributed by atoms with Gasteiger partial charge in [0, 0.05) is 13.1 Å². The molecule has 1 heterocycles. The molecule has 0 saturated carbocycles. The van der Waals surface area contributed by atoms with E-state index in [4.69, 9.17) is 5.11 Å². The molecular weight excluding hydrogens is 396 g/mol. The molecule has 1 aromatic carbocycles. The number of nitrogens with one attached hydrogen (secondary N) is 2. The van der Waals surface area contributed by atoms with Crippen LogP contribution in [-0.4, -0.2) is 41.9 Å². The minimum Gasteiger partial charge on any atom is -0.394 e. The first-order valence-electron chi connectivity index (χ1n) is 10.6. The van der Waals surface area contributed by atoms with Gasteiger partial charge in [0.15, 0.2) is 0 Å². The average molecular weight is 433 g/mol. The fourth-order valence-corrected chi connectivity index (χ4v) is 4.23. The van der Waals surface area contributed by atoms with E-state index in [2.05, 4.69) is 69.5 Å². The summed E-state index contributed by atoms with van der Waals surface area (Å²) < 4.78 is 0. The molecule has 1 amide bonds. The second-order valence-electron chi connectivity index (χ2n) is 9.15. The molecule has 0 aliphatic heterocycles. The van der Waals surface area contributed by atoms with Crippen molar-refractivity contribution >= 4 is 22.2 Å². The SMILES string of the molecule is CC(C)C(CCNc1ccc(C(=O)NCC(O)CO)s1)c1ccc(C(C)(C)C)cc1. The van der Waals surface area contributed by atoms with Crippen molar-refractivity contribution in [2.45, 2.75) is 58.5 Å². The Kier molecular flexibility index (Phi) is 8.89. The lowest BCUT2D eigenvalue weighted by molar-refractivity contribution is 0.0804. The van der Waals surface area contributed by atoms with Crippen LogP contribution in [-0.2, 0) is 5.41 Å². The molecule has 0 aliphatic rings. The van der Waals surface area contributed by atoms with Crippen LogP contribution in [0.25, 0.3) is 0 Å². The Hall–Kier alpha value is -1.89. The number of aliphatic hydroxyl groups excluding tert-OH is 2. The Morgan fingerprint density at radius 3 is 2.33 bits per heavy atom. The molecule has 0 bridgehead atoms. The van der Waals surface area contributed by atoms with Gasteiger partial charge in [0.05, 0.1) is 22.6 Å². The molecule has 0 spiro atoms. The number of rotatable bonds is 10. The number of carbonyl (C=O) groups excluding carboxylic acids is 1. The van der Waals surface area contributed by atoms with E-state index in [1.165, 1.54) is 22.5 Å². The minimum absolute atomic E-state index is 0.0417. The van der Waals surface area contributed by atoms with Crippen LogP contribution < -0.4 is 10.6 Å². The van der Waals surface area contributed by atoms with E-state index in [1.54, 1.807) is 6.07 Å². The Balaban J connectivity index is 1.91. The van der Waals surface area contributed by atoms with Gasteiger partial charge in [-0.1, -0.05) is 58.9 Å². The first kappa shape index (κ1) is 24.4. The third kappa shape index (κ3) is 7.11. The number of thiophene rings is 1. The molecule has 1 aromatic heterocycles. The van der Waals surface area contributed by atoms with E-state index in [0.717, 1.165) is 18.0 Å². The Labute approximate surface area is 184 Å². The second kappa shape index (κ2) is 10.9. The van der Waals surface area contributed by atoms with Gasteiger partial charge in [-0.25, -0.2) is 0 Å². The van der Waals surface area contributed by atoms with E-state index >= 15 is 0 Å². The fraction of sp³-hybridized carbons (Fsp3) is 0.542. The zero-order valence-corrected chi connectivity index (χ0v) is 19.6. The summed E-state index contributed by atoms with van der Waals surface area (Å²) >= 11 is 1.39. The van der Waals surface area contributed by atoms with Crippen LogP contribution in [0, 0.1) is 5.92 Å². The molecule has 30 heavy (non-hydrogen) atoms. The van der Waals surface area contributed by atoms with Crippen LogP contribution >= 0.6 is 11.3 Å². The monoisotopic (exact) mass is 432 g/mol. The quantitative estimate of drug-likeness (QED) is 0.449. The number of anilines is 1. The van der Waals surface area contributed by atoms with Crippen molar-refractivity contribution in [3.63, 3.8) is 0 Å². The highest BCUT2D eigenvalue weighted by molar-refractivity contribution is 7.17. The zero-order valence-electron chi connectivity index (χ0n) is 18.7. The summed E-state index contributed by atoms with van der Waals surface area (Å²) in [6.07, 6.45) is 0.0752. The molecule has 4 N–H and O–H groups in total. The van der Waals surface area contributed by atoms with E-state index in [-0.39, 0.29) is 24.5 Å². The van der Waals surface area contributed by atoms with E-state index in [0.29, 0.717) is 16.7 Å². The van der Waals surface area contributed by atoms with Crippen LogP contribution in [0.3, 0.4) is 0 Å². The third-order valence-electron chi connectivity index (χ3n) is 5.30. The second-order valence-corrected chi connectivity index (χ2v) is 10.2. The van der Waals surface area contributed by atoms with Crippen LogP contribution in [0.5, 0.6) is 0 Å². The van der Waals surface area contributed by atoms with Gasteiger partial charge in [-0.2, -0.15) is 0 Å². The van der Waals surface area contributed by atoms with Gasteiger partial charge >= 0.3 is 0 Å². The van der Waals surface area contributed by atoms with Crippen molar-refractivity contribution in [1.82, 2.24) is 5.32 Å². The third-order valence-corrected chi connectivity index (χ3v) is 6.34. The van der Waals surface area contributed by atoms with Crippen LogP contribution in [0.2, 0.25) is 0 Å². The number of hydrogen-bond donors (Lipinski definition) is 4. The molecule has 166 valence electrons. The van der Waals surface area contributed by atoms with Crippen LogP contribution in [0.4, 0.5) is 5.00 Å². The largest absolute Gasteiger partial charge is 0.394 e. The minimum atomic E-state index is -0.933. The summed E-state index contributed by atoms with van der Waals surface area (Å²) in [6, 6.07) is 12.7. The van der Waals surface area contributed by atoms with Gasteiger partial charge in [-0.05, 0) is 46.9 Å². The first-order valence-corrected chi connectivity index (χ1v) is 11.4. The van der Waals surface area contributed by atoms with Crippen molar-refractivity contribution in [2.24, 2.45) is 5.92 Å². The lowest BCUT2D eigenvalue weighted by Gasteiger charge is -2.24. The van der Waals surface area contributed by atoms with E-state index in [1.807, 2.05) is 6.07 Å². The molecule has 2 aromatic rings. The summed E-state index contributed by atoms with van der Waals surface area (Å²) in [5.41, 5.74) is 2.88. The molecule has 0 radical (unpaired) electrons. The van der Waals surface area contributed by atoms with Crippen molar-refractivity contribution in [1.29, 1.82) is 0 Å². The van der Waals surface area contributed by atoms with Crippen LogP contribution in [0.1, 0.15) is 67.8 Å². The molecule has 5 nitrogen and oxygen atoms in total. The Morgan fingerprint density at radius 1 is 1.10 bits per heavy atom. The molecule has 0 fully saturated rings. The van der Waals surface area contributed by atoms with Gasteiger partial charge in [0.1, 0.15) is 0 Å². The van der Waals surface area contributed by atoms with E-state index < -0.39 is 6.10 Å². The standard InChI is InChI=1S/C24H36N2O3S/c1-16(2)20(17-6-8-18(9-7-17)24(3,4)5)12-13-25-22-11-10-21(30-22)23(29)26-14-19(28)15-27/h6-11,16,19-20,25,27-28H,12-15H2,1-5H3,(H,26,29). The van der Waals surface area contributed by atoms with Crippen molar-refractivity contribution in [2.75, 3.05) is 25.0 Å². The highest BCUT2D eigenvalue weighted by Crippen LogP contribution is 2.31. The normalized spacial score (nSPS) is 13.9. The highest BCUT2D eigenvalue weighted by Gasteiger charge is 2.18. The maximum absolute atomic E-state index is 12.1. The van der Waals surface area contributed by atoms with Crippen molar-refractivity contribution in [3.8, 4) is 0 Å². The molecule has 2 rings (SSSR count). The molecule has 0 aliphatic carbocycles. The van der Waals surface area contributed by atoms with Gasteiger partial charge in [0.25, 0.3) is 5.91 Å². The predicted octanol–water partition coefficient (Wildman–Crippen LogP) is 4.37. The molecular formula is C24H36N2O3S. The number of benzene rings is 1. The smallest absolute Gasteiger partial charge is 0.261 e. The summed E-state index contributed by atoms with van der Waals surface area (Å²) in [7, 11) is 0. The summed E-state index contributed by atoms with van der Waals surface area (Å²) in [5.74, 6) is 0.767. The number of carbonyl (C=O) groups is 1. The molecule has 6 heteroatoms. The van der Waals surface area contributed by atoms with Crippen molar-refractivity contribution < 1.29 is 15.0 Å².